The Kier molecular flexibility index (Phi) is 3.59. The van der Waals surface area contributed by atoms with E-state index in [0.29, 0.717) is 31.6 Å². The Morgan fingerprint density at radius 3 is 2.81 bits per heavy atom. The minimum atomic E-state index is -0.354. The Morgan fingerprint density at radius 1 is 1.43 bits per heavy atom. The second-order valence-electron chi connectivity index (χ2n) is 5.53. The molecule has 0 bridgehead atoms. The minimum Gasteiger partial charge on any atom is -0.363 e. The van der Waals surface area contributed by atoms with E-state index >= 15 is 0 Å². The van der Waals surface area contributed by atoms with Gasteiger partial charge in [0.05, 0.1) is 17.8 Å². The van der Waals surface area contributed by atoms with Gasteiger partial charge < -0.3 is 15.0 Å². The molecule has 1 spiro atoms. The van der Waals surface area contributed by atoms with Crippen LogP contribution in [0.4, 0.5) is 0 Å². The van der Waals surface area contributed by atoms with E-state index in [1.807, 2.05) is 6.92 Å². The van der Waals surface area contributed by atoms with Crippen LogP contribution in [0.2, 0.25) is 0 Å². The fourth-order valence-corrected chi connectivity index (χ4v) is 2.99. The van der Waals surface area contributed by atoms with Crippen LogP contribution in [0.15, 0.2) is 18.6 Å². The summed E-state index contributed by atoms with van der Waals surface area (Å²) in [5.41, 5.74) is 0.00641. The fraction of sp³-hybridized carbons (Fsp3) is 0.571. The van der Waals surface area contributed by atoms with Gasteiger partial charge in [0.1, 0.15) is 12.3 Å². The number of hydrogen-bond acceptors (Lipinski definition) is 5. The number of rotatable bonds is 1. The van der Waals surface area contributed by atoms with E-state index in [2.05, 4.69) is 15.3 Å². The highest BCUT2D eigenvalue weighted by Crippen LogP contribution is 2.32. The van der Waals surface area contributed by atoms with Gasteiger partial charge in [-0.3, -0.25) is 14.6 Å². The molecule has 0 saturated carbocycles. The van der Waals surface area contributed by atoms with Crippen LogP contribution in [0.25, 0.3) is 0 Å². The first-order chi connectivity index (χ1) is 10.1. The van der Waals surface area contributed by atoms with Crippen molar-refractivity contribution < 1.29 is 14.3 Å². The fourth-order valence-electron chi connectivity index (χ4n) is 2.99. The molecular formula is C14H18N4O3. The van der Waals surface area contributed by atoms with Gasteiger partial charge in [0, 0.05) is 25.5 Å². The molecule has 2 aliphatic rings. The lowest BCUT2D eigenvalue weighted by molar-refractivity contribution is -0.158. The molecule has 2 aliphatic heterocycles. The molecule has 2 fully saturated rings. The first-order valence-electron chi connectivity index (χ1n) is 7.09. The summed E-state index contributed by atoms with van der Waals surface area (Å²) in [5, 5.41) is 2.93. The standard InChI is InChI=1S/C14H18N4O3/c1-10-14(21-9-12(19)17-10)2-6-18(7-3-14)13(20)11-8-15-4-5-16-11/h4-5,8,10H,2-3,6-7,9H2,1H3,(H,17,19)/t10-/m0/s1. The Balaban J connectivity index is 1.65. The highest BCUT2D eigenvalue weighted by Gasteiger charge is 2.45. The van der Waals surface area contributed by atoms with Gasteiger partial charge in [0.15, 0.2) is 0 Å². The summed E-state index contributed by atoms with van der Waals surface area (Å²) >= 11 is 0. The summed E-state index contributed by atoms with van der Waals surface area (Å²) in [5.74, 6) is -0.184. The molecule has 7 heteroatoms. The highest BCUT2D eigenvalue weighted by atomic mass is 16.5. The highest BCUT2D eigenvalue weighted by molar-refractivity contribution is 5.92. The summed E-state index contributed by atoms with van der Waals surface area (Å²) < 4.78 is 5.79. The average Bonchev–Trinajstić information content (AvgIpc) is 2.52. The zero-order valence-electron chi connectivity index (χ0n) is 11.9. The van der Waals surface area contributed by atoms with Gasteiger partial charge in [-0.15, -0.1) is 0 Å². The normalized spacial score (nSPS) is 24.7. The van der Waals surface area contributed by atoms with E-state index in [0.717, 1.165) is 0 Å². The summed E-state index contributed by atoms with van der Waals surface area (Å²) in [6.45, 7) is 3.24. The van der Waals surface area contributed by atoms with Crippen LogP contribution in [0.5, 0.6) is 0 Å². The third-order valence-electron chi connectivity index (χ3n) is 4.34. The number of morpholine rings is 1. The Bertz CT molecular complexity index is 540. The smallest absolute Gasteiger partial charge is 0.274 e. The van der Waals surface area contributed by atoms with Gasteiger partial charge in [-0.25, -0.2) is 4.98 Å². The third-order valence-corrected chi connectivity index (χ3v) is 4.34. The van der Waals surface area contributed by atoms with Crippen LogP contribution in [-0.2, 0) is 9.53 Å². The lowest BCUT2D eigenvalue weighted by Crippen LogP contribution is -2.63. The number of nitrogens with one attached hydrogen (secondary N) is 1. The minimum absolute atomic E-state index is 0.0347. The Labute approximate surface area is 122 Å². The molecule has 2 amide bonds. The zero-order chi connectivity index (χ0) is 14.9. The number of ether oxygens (including phenoxy) is 1. The summed E-state index contributed by atoms with van der Waals surface area (Å²) in [4.78, 5) is 33.4. The molecule has 7 nitrogen and oxygen atoms in total. The number of carbonyl (C=O) groups is 2. The van der Waals surface area contributed by atoms with Gasteiger partial charge in [-0.1, -0.05) is 0 Å². The molecule has 0 unspecified atom stereocenters. The van der Waals surface area contributed by atoms with E-state index in [9.17, 15) is 9.59 Å². The van der Waals surface area contributed by atoms with E-state index < -0.39 is 0 Å². The summed E-state index contributed by atoms with van der Waals surface area (Å²) in [7, 11) is 0. The summed E-state index contributed by atoms with van der Waals surface area (Å²) in [6.07, 6.45) is 5.95. The first-order valence-corrected chi connectivity index (χ1v) is 7.09. The van der Waals surface area contributed by atoms with Gasteiger partial charge in [0.25, 0.3) is 5.91 Å². The van der Waals surface area contributed by atoms with Crippen molar-refractivity contribution >= 4 is 11.8 Å². The number of piperidine rings is 1. The van der Waals surface area contributed by atoms with Crippen molar-refractivity contribution in [3.8, 4) is 0 Å². The van der Waals surface area contributed by atoms with Crippen LogP contribution in [0.3, 0.4) is 0 Å². The van der Waals surface area contributed by atoms with E-state index in [1.165, 1.54) is 12.4 Å². The zero-order valence-corrected chi connectivity index (χ0v) is 11.9. The van der Waals surface area contributed by atoms with E-state index in [1.54, 1.807) is 11.1 Å². The predicted molar refractivity (Wildman–Crippen MR) is 73.5 cm³/mol. The largest absolute Gasteiger partial charge is 0.363 e. The molecule has 0 aliphatic carbocycles. The van der Waals surface area contributed by atoms with Crippen molar-refractivity contribution in [3.05, 3.63) is 24.3 Å². The maximum atomic E-state index is 12.3. The van der Waals surface area contributed by atoms with E-state index in [-0.39, 0.29) is 30.1 Å². The van der Waals surface area contributed by atoms with Crippen molar-refractivity contribution in [2.24, 2.45) is 0 Å². The van der Waals surface area contributed by atoms with Crippen molar-refractivity contribution in [3.63, 3.8) is 0 Å². The van der Waals surface area contributed by atoms with Crippen LogP contribution < -0.4 is 5.32 Å². The van der Waals surface area contributed by atoms with Crippen molar-refractivity contribution in [2.75, 3.05) is 19.7 Å². The van der Waals surface area contributed by atoms with Crippen molar-refractivity contribution in [1.29, 1.82) is 0 Å². The monoisotopic (exact) mass is 290 g/mol. The molecule has 0 radical (unpaired) electrons. The Hall–Kier alpha value is -2.02. The quantitative estimate of drug-likeness (QED) is 0.786. The second-order valence-corrected chi connectivity index (χ2v) is 5.53. The molecule has 3 rings (SSSR count). The molecule has 1 aromatic rings. The second kappa shape index (κ2) is 5.40. The number of amides is 2. The average molecular weight is 290 g/mol. The van der Waals surface area contributed by atoms with Crippen molar-refractivity contribution in [2.45, 2.75) is 31.4 Å². The molecule has 3 heterocycles. The van der Waals surface area contributed by atoms with Crippen LogP contribution >= 0.6 is 0 Å². The maximum Gasteiger partial charge on any atom is 0.274 e. The predicted octanol–water partition coefficient (Wildman–Crippen LogP) is -0.0137. The number of hydrogen-bond donors (Lipinski definition) is 1. The molecule has 2 saturated heterocycles. The molecule has 112 valence electrons. The van der Waals surface area contributed by atoms with Crippen LogP contribution in [0.1, 0.15) is 30.3 Å². The number of aromatic nitrogens is 2. The SMILES string of the molecule is C[C@@H]1NC(=O)COC12CCN(C(=O)c1cnccn1)CC2. The topological polar surface area (TPSA) is 84.4 Å². The number of nitrogens with zero attached hydrogens (tertiary/aromatic N) is 3. The van der Waals surface area contributed by atoms with Gasteiger partial charge >= 0.3 is 0 Å². The number of carbonyl (C=O) groups excluding carboxylic acids is 2. The molecule has 21 heavy (non-hydrogen) atoms. The lowest BCUT2D eigenvalue weighted by atomic mass is 9.83. The molecule has 0 aromatic carbocycles. The van der Waals surface area contributed by atoms with Gasteiger partial charge in [-0.2, -0.15) is 0 Å². The van der Waals surface area contributed by atoms with Gasteiger partial charge in [0.2, 0.25) is 5.91 Å². The molecular weight excluding hydrogens is 272 g/mol. The molecule has 1 N–H and O–H groups in total. The van der Waals surface area contributed by atoms with Gasteiger partial charge in [-0.05, 0) is 19.8 Å². The van der Waals surface area contributed by atoms with Crippen molar-refractivity contribution in [1.82, 2.24) is 20.2 Å². The van der Waals surface area contributed by atoms with Crippen LogP contribution in [-0.4, -0.2) is 58.0 Å². The van der Waals surface area contributed by atoms with Crippen LogP contribution in [0, 0.1) is 0 Å². The molecule has 1 atom stereocenters. The maximum absolute atomic E-state index is 12.3. The first kappa shape index (κ1) is 13.9. The Morgan fingerprint density at radius 2 is 2.19 bits per heavy atom. The van der Waals surface area contributed by atoms with E-state index in [4.69, 9.17) is 4.74 Å². The number of likely N-dealkylation sites (tertiary alicyclic amines) is 1. The third kappa shape index (κ3) is 2.61. The summed E-state index contributed by atoms with van der Waals surface area (Å²) in [6, 6.07) is -0.0347. The molecule has 1 aromatic heterocycles. The lowest BCUT2D eigenvalue weighted by Gasteiger charge is -2.47.